The highest BCUT2D eigenvalue weighted by atomic mass is 16.6. The Morgan fingerprint density at radius 2 is 2.33 bits per heavy atom. The molecule has 5 nitrogen and oxygen atoms in total. The minimum atomic E-state index is -0.806. The number of nitro benzene ring substituents is 1. The molecule has 0 saturated heterocycles. The second-order valence-corrected chi connectivity index (χ2v) is 3.93. The van der Waals surface area contributed by atoms with Gasteiger partial charge in [0, 0.05) is 17.7 Å². The van der Waals surface area contributed by atoms with Crippen LogP contribution < -0.4 is 4.74 Å². The number of hydrogen-bond acceptors (Lipinski definition) is 4. The van der Waals surface area contributed by atoms with E-state index in [1.807, 2.05) is 0 Å². The molecule has 0 fully saturated rings. The van der Waals surface area contributed by atoms with Gasteiger partial charge in [-0.05, 0) is 25.8 Å². The number of nitro groups is 1. The van der Waals surface area contributed by atoms with Gasteiger partial charge in [-0.2, -0.15) is 0 Å². The van der Waals surface area contributed by atoms with Crippen LogP contribution in [0.4, 0.5) is 5.69 Å². The van der Waals surface area contributed by atoms with Crippen LogP contribution in [0.2, 0.25) is 0 Å². The summed E-state index contributed by atoms with van der Waals surface area (Å²) in [5.41, 5.74) is 0.382. The average Bonchev–Trinajstić information content (AvgIpc) is 2.34. The lowest BCUT2D eigenvalue weighted by molar-refractivity contribution is -0.385. The van der Waals surface area contributed by atoms with E-state index >= 15 is 0 Å². The van der Waals surface area contributed by atoms with Gasteiger partial charge in [-0.1, -0.05) is 6.08 Å². The van der Waals surface area contributed by atoms with Crippen LogP contribution in [0.3, 0.4) is 0 Å². The predicted molar refractivity (Wildman–Crippen MR) is 68.7 cm³/mol. The van der Waals surface area contributed by atoms with Crippen LogP contribution in [-0.2, 0) is 0 Å². The van der Waals surface area contributed by atoms with Gasteiger partial charge in [0.25, 0.3) is 5.69 Å². The van der Waals surface area contributed by atoms with E-state index in [1.165, 1.54) is 18.2 Å². The molecular weight excluding hydrogens is 234 g/mol. The summed E-state index contributed by atoms with van der Waals surface area (Å²) in [6.07, 6.45) is 2.66. The Balaban J connectivity index is 2.83. The molecule has 0 bridgehead atoms. The van der Waals surface area contributed by atoms with E-state index in [9.17, 15) is 15.2 Å². The van der Waals surface area contributed by atoms with Crippen LogP contribution in [0.1, 0.15) is 31.4 Å². The Hall–Kier alpha value is -1.88. The summed E-state index contributed by atoms with van der Waals surface area (Å²) in [6, 6.07) is 4.23. The fourth-order valence-electron chi connectivity index (χ4n) is 1.52. The molecule has 0 heterocycles. The van der Waals surface area contributed by atoms with Gasteiger partial charge in [-0.3, -0.25) is 10.1 Å². The van der Waals surface area contributed by atoms with E-state index in [0.717, 1.165) is 12.8 Å². The Bertz CT molecular complexity index is 429. The third-order valence-electron chi connectivity index (χ3n) is 2.46. The molecule has 5 heteroatoms. The first-order valence-electron chi connectivity index (χ1n) is 5.76. The molecule has 1 N–H and O–H groups in total. The SMILES string of the molecule is C=CCCCOc1ccc([N+](=O)[O-])cc1[C@@H](C)O. The molecule has 0 aromatic heterocycles. The number of aliphatic hydroxyl groups excluding tert-OH is 1. The van der Waals surface area contributed by atoms with Gasteiger partial charge in [0.15, 0.2) is 0 Å². The van der Waals surface area contributed by atoms with Gasteiger partial charge in [-0.15, -0.1) is 6.58 Å². The fourth-order valence-corrected chi connectivity index (χ4v) is 1.52. The van der Waals surface area contributed by atoms with Gasteiger partial charge >= 0.3 is 0 Å². The Kier molecular flexibility index (Phi) is 5.32. The number of nitrogens with zero attached hydrogens (tertiary/aromatic N) is 1. The summed E-state index contributed by atoms with van der Waals surface area (Å²) in [5, 5.41) is 20.3. The maximum atomic E-state index is 10.7. The highest BCUT2D eigenvalue weighted by Crippen LogP contribution is 2.29. The lowest BCUT2D eigenvalue weighted by Crippen LogP contribution is -2.03. The van der Waals surface area contributed by atoms with E-state index in [1.54, 1.807) is 13.0 Å². The maximum absolute atomic E-state index is 10.7. The quantitative estimate of drug-likeness (QED) is 0.350. The summed E-state index contributed by atoms with van der Waals surface area (Å²) >= 11 is 0. The lowest BCUT2D eigenvalue weighted by atomic mass is 10.1. The summed E-state index contributed by atoms with van der Waals surface area (Å²) < 4.78 is 5.50. The number of hydrogen-bond donors (Lipinski definition) is 1. The van der Waals surface area contributed by atoms with Gasteiger partial charge in [0.05, 0.1) is 17.6 Å². The van der Waals surface area contributed by atoms with Crippen LogP contribution in [-0.4, -0.2) is 16.6 Å². The molecule has 0 radical (unpaired) electrons. The second-order valence-electron chi connectivity index (χ2n) is 3.93. The normalized spacial score (nSPS) is 11.9. The predicted octanol–water partition coefficient (Wildman–Crippen LogP) is 2.99. The summed E-state index contributed by atoms with van der Waals surface area (Å²) in [4.78, 5) is 10.2. The molecule has 1 aromatic carbocycles. The summed E-state index contributed by atoms with van der Waals surface area (Å²) in [5.74, 6) is 0.486. The van der Waals surface area contributed by atoms with Crippen molar-refractivity contribution in [3.63, 3.8) is 0 Å². The highest BCUT2D eigenvalue weighted by molar-refractivity contribution is 5.44. The van der Waals surface area contributed by atoms with Gasteiger partial charge in [-0.25, -0.2) is 0 Å². The van der Waals surface area contributed by atoms with Crippen LogP contribution in [0.25, 0.3) is 0 Å². The summed E-state index contributed by atoms with van der Waals surface area (Å²) in [7, 11) is 0. The lowest BCUT2D eigenvalue weighted by Gasteiger charge is -2.12. The molecule has 0 saturated carbocycles. The standard InChI is InChI=1S/C13H17NO4/c1-3-4-5-8-18-13-7-6-11(14(16)17)9-12(13)10(2)15/h3,6-7,9-10,15H,1,4-5,8H2,2H3/t10-/m1/s1. The molecule has 0 spiro atoms. The number of rotatable bonds is 7. The molecule has 1 atom stereocenters. The van der Waals surface area contributed by atoms with Crippen LogP contribution >= 0.6 is 0 Å². The number of ether oxygens (including phenoxy) is 1. The van der Waals surface area contributed by atoms with Crippen molar-refractivity contribution in [2.24, 2.45) is 0 Å². The molecule has 0 aliphatic carbocycles. The zero-order chi connectivity index (χ0) is 13.5. The fraction of sp³-hybridized carbons (Fsp3) is 0.385. The largest absolute Gasteiger partial charge is 0.493 e. The van der Waals surface area contributed by atoms with E-state index in [0.29, 0.717) is 17.9 Å². The van der Waals surface area contributed by atoms with Crippen molar-refractivity contribution in [3.8, 4) is 5.75 Å². The average molecular weight is 251 g/mol. The molecule has 0 amide bonds. The number of non-ortho nitro benzene ring substituents is 1. The first kappa shape index (κ1) is 14.2. The van der Waals surface area contributed by atoms with Gasteiger partial charge in [0.1, 0.15) is 5.75 Å². The van der Waals surface area contributed by atoms with Gasteiger partial charge in [0.2, 0.25) is 0 Å². The molecule has 0 aliphatic heterocycles. The minimum absolute atomic E-state index is 0.0515. The van der Waals surface area contributed by atoms with E-state index < -0.39 is 11.0 Å². The third-order valence-corrected chi connectivity index (χ3v) is 2.46. The molecule has 98 valence electrons. The van der Waals surface area contributed by atoms with Crippen LogP contribution in [0.5, 0.6) is 5.75 Å². The number of benzene rings is 1. The van der Waals surface area contributed by atoms with Crippen molar-refractivity contribution in [2.75, 3.05) is 6.61 Å². The highest BCUT2D eigenvalue weighted by Gasteiger charge is 2.15. The molecular formula is C13H17NO4. The van der Waals surface area contributed by atoms with Crippen molar-refractivity contribution >= 4 is 5.69 Å². The zero-order valence-corrected chi connectivity index (χ0v) is 10.3. The topological polar surface area (TPSA) is 72.6 Å². The van der Waals surface area contributed by atoms with Crippen molar-refractivity contribution in [1.82, 2.24) is 0 Å². The Morgan fingerprint density at radius 1 is 1.61 bits per heavy atom. The van der Waals surface area contributed by atoms with E-state index in [-0.39, 0.29) is 5.69 Å². The number of allylic oxidation sites excluding steroid dienone is 1. The molecule has 0 aliphatic rings. The smallest absolute Gasteiger partial charge is 0.270 e. The number of aliphatic hydroxyl groups is 1. The maximum Gasteiger partial charge on any atom is 0.270 e. The molecule has 1 aromatic rings. The Labute approximate surface area is 106 Å². The Morgan fingerprint density at radius 3 is 2.89 bits per heavy atom. The van der Waals surface area contributed by atoms with Crippen molar-refractivity contribution < 1.29 is 14.8 Å². The zero-order valence-electron chi connectivity index (χ0n) is 10.3. The molecule has 18 heavy (non-hydrogen) atoms. The van der Waals surface area contributed by atoms with Crippen molar-refractivity contribution in [1.29, 1.82) is 0 Å². The third kappa shape index (κ3) is 3.85. The first-order valence-corrected chi connectivity index (χ1v) is 5.76. The van der Waals surface area contributed by atoms with E-state index in [4.69, 9.17) is 4.74 Å². The molecule has 0 unspecified atom stereocenters. The monoisotopic (exact) mass is 251 g/mol. The van der Waals surface area contributed by atoms with Crippen LogP contribution in [0, 0.1) is 10.1 Å². The van der Waals surface area contributed by atoms with Crippen LogP contribution in [0.15, 0.2) is 30.9 Å². The van der Waals surface area contributed by atoms with Gasteiger partial charge < -0.3 is 9.84 Å². The summed E-state index contributed by atoms with van der Waals surface area (Å²) in [6.45, 7) is 5.65. The van der Waals surface area contributed by atoms with E-state index in [2.05, 4.69) is 6.58 Å². The van der Waals surface area contributed by atoms with Crippen molar-refractivity contribution in [3.05, 3.63) is 46.5 Å². The van der Waals surface area contributed by atoms with Crippen molar-refractivity contribution in [2.45, 2.75) is 25.9 Å². The first-order chi connectivity index (χ1) is 8.56. The number of unbranched alkanes of at least 4 members (excludes halogenated alkanes) is 1. The second kappa shape index (κ2) is 6.76. The molecule has 1 rings (SSSR count). The minimum Gasteiger partial charge on any atom is -0.493 e.